The first-order chi connectivity index (χ1) is 19.7. The Morgan fingerprint density at radius 1 is 1.12 bits per heavy atom. The van der Waals surface area contributed by atoms with Gasteiger partial charge in [0.1, 0.15) is 5.60 Å². The summed E-state index contributed by atoms with van der Waals surface area (Å²) in [6.07, 6.45) is 4.29. The number of rotatable bonds is 9. The van der Waals surface area contributed by atoms with Crippen LogP contribution in [-0.4, -0.2) is 73.9 Å². The lowest BCUT2D eigenvalue weighted by atomic mass is 9.86. The van der Waals surface area contributed by atoms with Crippen LogP contribution in [0.5, 0.6) is 0 Å². The Labute approximate surface area is 252 Å². The third-order valence-corrected chi connectivity index (χ3v) is 9.82. The van der Waals surface area contributed by atoms with Gasteiger partial charge in [-0.25, -0.2) is 27.7 Å². The molecule has 1 saturated carbocycles. The maximum atomic E-state index is 13.3. The number of benzene rings is 1. The van der Waals surface area contributed by atoms with Crippen molar-refractivity contribution in [2.75, 3.05) is 25.0 Å². The van der Waals surface area contributed by atoms with Crippen molar-refractivity contribution in [3.63, 3.8) is 0 Å². The predicted octanol–water partition coefficient (Wildman–Crippen LogP) is 5.30. The Kier molecular flexibility index (Phi) is 10.0. The molecule has 2 amide bonds. The summed E-state index contributed by atoms with van der Waals surface area (Å²) in [7, 11) is -3.77. The molecule has 0 unspecified atom stereocenters. The summed E-state index contributed by atoms with van der Waals surface area (Å²) in [6.45, 7) is 12.1. The summed E-state index contributed by atoms with van der Waals surface area (Å²) in [5.74, 6) is 0.254. The zero-order chi connectivity index (χ0) is 30.7. The lowest BCUT2D eigenvalue weighted by Gasteiger charge is -2.40. The van der Waals surface area contributed by atoms with E-state index < -0.39 is 15.6 Å². The molecular formula is C29H43N5O6S2. The molecule has 0 spiro atoms. The Bertz CT molecular complexity index is 1360. The molecule has 1 saturated heterocycles. The summed E-state index contributed by atoms with van der Waals surface area (Å²) in [5.41, 5.74) is 0.702. The minimum atomic E-state index is -3.77. The van der Waals surface area contributed by atoms with E-state index in [1.165, 1.54) is 11.3 Å². The number of alkyl carbamates (subject to hydrolysis) is 1. The van der Waals surface area contributed by atoms with E-state index in [1.54, 1.807) is 24.1 Å². The number of hydrogen-bond donors (Lipinski definition) is 3. The first-order valence-electron chi connectivity index (χ1n) is 14.6. The summed E-state index contributed by atoms with van der Waals surface area (Å²) in [4.78, 5) is 31.5. The molecule has 2 aromatic rings. The number of carbonyl (C=O) groups excluding carboxylic acids is 2. The van der Waals surface area contributed by atoms with E-state index in [1.807, 2.05) is 46.8 Å². The smallest absolute Gasteiger partial charge is 0.410 e. The highest BCUT2D eigenvalue weighted by Crippen LogP contribution is 2.40. The van der Waals surface area contributed by atoms with Gasteiger partial charge in [0.15, 0.2) is 0 Å². The Morgan fingerprint density at radius 2 is 1.81 bits per heavy atom. The number of carbonyl (C=O) groups is 2. The van der Waals surface area contributed by atoms with E-state index in [2.05, 4.69) is 20.3 Å². The summed E-state index contributed by atoms with van der Waals surface area (Å²) >= 11 is 1.51. The summed E-state index contributed by atoms with van der Waals surface area (Å²) in [6, 6.07) is 5.40. The molecule has 0 bridgehead atoms. The number of likely N-dealkylation sites (tertiary alicyclic amines) is 1. The fourth-order valence-electron chi connectivity index (χ4n) is 5.09. The van der Waals surface area contributed by atoms with E-state index in [0.29, 0.717) is 24.3 Å². The first-order valence-corrected chi connectivity index (χ1v) is 16.9. The molecule has 11 nitrogen and oxygen atoms in total. The molecule has 0 atom stereocenters. The van der Waals surface area contributed by atoms with E-state index in [0.717, 1.165) is 35.6 Å². The number of nitrogens with one attached hydrogen (secondary N) is 3. The van der Waals surface area contributed by atoms with Gasteiger partial charge in [-0.3, -0.25) is 0 Å². The quantitative estimate of drug-likeness (QED) is 0.343. The van der Waals surface area contributed by atoms with Gasteiger partial charge in [-0.05, 0) is 72.4 Å². The van der Waals surface area contributed by atoms with E-state index in [-0.39, 0.29) is 47.7 Å². The van der Waals surface area contributed by atoms with Gasteiger partial charge in [-0.15, -0.1) is 11.3 Å². The highest BCUT2D eigenvalue weighted by Gasteiger charge is 2.34. The van der Waals surface area contributed by atoms with Crippen LogP contribution in [0.3, 0.4) is 0 Å². The highest BCUT2D eigenvalue weighted by molar-refractivity contribution is 7.89. The van der Waals surface area contributed by atoms with Crippen LogP contribution in [0.2, 0.25) is 0 Å². The number of thiazole rings is 1. The molecule has 4 rings (SSSR count). The van der Waals surface area contributed by atoms with Crippen LogP contribution in [0.4, 0.5) is 15.3 Å². The topological polar surface area (TPSA) is 139 Å². The van der Waals surface area contributed by atoms with E-state index >= 15 is 0 Å². The first kappa shape index (κ1) is 32.0. The molecule has 2 aliphatic rings. The minimum Gasteiger partial charge on any atom is -0.447 e. The van der Waals surface area contributed by atoms with Gasteiger partial charge < -0.3 is 25.0 Å². The van der Waals surface area contributed by atoms with Gasteiger partial charge in [-0.1, -0.05) is 13.0 Å². The van der Waals surface area contributed by atoms with Crippen LogP contribution in [0.25, 0.3) is 10.4 Å². The molecule has 42 heavy (non-hydrogen) atoms. The molecule has 13 heteroatoms. The predicted molar refractivity (Wildman–Crippen MR) is 163 cm³/mol. The molecule has 1 aromatic carbocycles. The van der Waals surface area contributed by atoms with Crippen LogP contribution < -0.4 is 15.4 Å². The number of amides is 2. The van der Waals surface area contributed by atoms with Gasteiger partial charge in [0.25, 0.3) is 0 Å². The Hall–Kier alpha value is -2.90. The maximum absolute atomic E-state index is 13.3. The molecule has 1 aromatic heterocycles. The Balaban J connectivity index is 1.44. The minimum absolute atomic E-state index is 0.00934. The van der Waals surface area contributed by atoms with Gasteiger partial charge >= 0.3 is 12.2 Å². The fourth-order valence-corrected chi connectivity index (χ4v) is 7.56. The number of hydrogen-bond acceptors (Lipinski definition) is 9. The highest BCUT2D eigenvalue weighted by atomic mass is 32.2. The molecule has 2 fully saturated rings. The second-order valence-corrected chi connectivity index (χ2v) is 14.9. The van der Waals surface area contributed by atoms with E-state index in [9.17, 15) is 18.0 Å². The van der Waals surface area contributed by atoms with Gasteiger partial charge in [0.05, 0.1) is 26.9 Å². The molecule has 232 valence electrons. The third-order valence-electron chi connectivity index (χ3n) is 7.04. The fraction of sp³-hybridized carbons (Fsp3) is 0.621. The van der Waals surface area contributed by atoms with Crippen molar-refractivity contribution in [3.8, 4) is 10.4 Å². The van der Waals surface area contributed by atoms with Crippen LogP contribution in [-0.2, 0) is 19.5 Å². The van der Waals surface area contributed by atoms with Gasteiger partial charge in [-0.2, -0.15) is 0 Å². The van der Waals surface area contributed by atoms with Crippen LogP contribution in [0.15, 0.2) is 29.3 Å². The zero-order valence-electron chi connectivity index (χ0n) is 25.2. The number of aromatic nitrogens is 1. The molecule has 1 aliphatic heterocycles. The van der Waals surface area contributed by atoms with Crippen molar-refractivity contribution in [1.82, 2.24) is 19.9 Å². The maximum Gasteiger partial charge on any atom is 0.410 e. The van der Waals surface area contributed by atoms with E-state index in [4.69, 9.17) is 9.47 Å². The number of nitrogens with zero attached hydrogens (tertiary/aromatic N) is 2. The number of ether oxygens (including phenoxy) is 2. The van der Waals surface area contributed by atoms with Crippen molar-refractivity contribution < 1.29 is 27.5 Å². The summed E-state index contributed by atoms with van der Waals surface area (Å²) in [5, 5.41) is 7.27. The second kappa shape index (κ2) is 13.2. The van der Waals surface area contributed by atoms with Crippen molar-refractivity contribution in [1.29, 1.82) is 0 Å². The normalized spacial score (nSPS) is 19.7. The van der Waals surface area contributed by atoms with Crippen molar-refractivity contribution in [3.05, 3.63) is 29.4 Å². The SMILES string of the molecule is CCNS(=O)(=O)c1cc(NC2CN(C(=O)OC(C)(C)C)C2)ccc1-c1cnc(C2CCC(NC(=O)OC(C)C)CC2)s1. The lowest BCUT2D eigenvalue weighted by molar-refractivity contribution is 0.0105. The molecule has 3 N–H and O–H groups in total. The van der Waals surface area contributed by atoms with Crippen molar-refractivity contribution >= 4 is 39.2 Å². The third kappa shape index (κ3) is 8.35. The van der Waals surface area contributed by atoms with Crippen LogP contribution >= 0.6 is 11.3 Å². The Morgan fingerprint density at radius 3 is 2.43 bits per heavy atom. The average molecular weight is 622 g/mol. The van der Waals surface area contributed by atoms with Crippen LogP contribution in [0, 0.1) is 0 Å². The zero-order valence-corrected chi connectivity index (χ0v) is 26.9. The van der Waals surface area contributed by atoms with Gasteiger partial charge in [0.2, 0.25) is 10.0 Å². The largest absolute Gasteiger partial charge is 0.447 e. The molecule has 1 aliphatic carbocycles. The summed E-state index contributed by atoms with van der Waals surface area (Å²) < 4.78 is 39.7. The standard InChI is InChI=1S/C29H43N5O6S2/c1-7-31-42(37,38)25-14-21(32-22-16-34(17-22)28(36)40-29(4,5)6)12-13-23(25)24-15-30-26(41-24)19-8-10-20(11-9-19)33-27(35)39-18(2)3/h12-15,18-20,22,31-32H,7-11,16-17H2,1-6H3,(H,33,35). The monoisotopic (exact) mass is 621 g/mol. The lowest BCUT2D eigenvalue weighted by Crippen LogP contribution is -2.57. The second-order valence-electron chi connectivity index (χ2n) is 12.1. The molecular weight excluding hydrogens is 578 g/mol. The number of anilines is 1. The van der Waals surface area contributed by atoms with Crippen molar-refractivity contribution in [2.24, 2.45) is 0 Å². The average Bonchev–Trinajstić information content (AvgIpc) is 3.35. The molecule has 2 heterocycles. The van der Waals surface area contributed by atoms with Gasteiger partial charge in [0, 0.05) is 49.0 Å². The van der Waals surface area contributed by atoms with Crippen LogP contribution in [0.1, 0.15) is 78.2 Å². The molecule has 0 radical (unpaired) electrons. The van der Waals surface area contributed by atoms with Crippen molar-refractivity contribution in [2.45, 2.75) is 102 Å². The number of sulfonamides is 1.